The summed E-state index contributed by atoms with van der Waals surface area (Å²) >= 11 is 12.7. The first-order valence-electron chi connectivity index (χ1n) is 11.7. The first-order valence-corrected chi connectivity index (χ1v) is 12.5. The molecule has 4 aromatic rings. The van der Waals surface area contributed by atoms with Crippen LogP contribution in [-0.4, -0.2) is 27.1 Å². The average Bonchev–Trinajstić information content (AvgIpc) is 3.13. The van der Waals surface area contributed by atoms with E-state index < -0.39 is 11.7 Å². The molecule has 1 fully saturated rings. The van der Waals surface area contributed by atoms with Crippen LogP contribution in [0, 0.1) is 0 Å². The molecule has 36 heavy (non-hydrogen) atoms. The van der Waals surface area contributed by atoms with Crippen molar-refractivity contribution in [1.29, 1.82) is 0 Å². The van der Waals surface area contributed by atoms with Crippen molar-refractivity contribution < 1.29 is 13.2 Å². The van der Waals surface area contributed by atoms with Gasteiger partial charge >= 0.3 is 11.9 Å². The van der Waals surface area contributed by atoms with Gasteiger partial charge in [0, 0.05) is 41.3 Å². The largest absolute Gasteiger partial charge is 0.416 e. The van der Waals surface area contributed by atoms with Gasteiger partial charge in [-0.2, -0.15) is 13.2 Å². The Bertz CT molecular complexity index is 1430. The van der Waals surface area contributed by atoms with Crippen molar-refractivity contribution >= 4 is 34.2 Å². The molecule has 0 aliphatic carbocycles. The molecule has 0 radical (unpaired) electrons. The van der Waals surface area contributed by atoms with Crippen molar-refractivity contribution in [2.75, 3.05) is 13.1 Å². The van der Waals surface area contributed by atoms with E-state index in [2.05, 4.69) is 4.90 Å². The van der Waals surface area contributed by atoms with Crippen LogP contribution in [0.5, 0.6) is 0 Å². The van der Waals surface area contributed by atoms with Crippen molar-refractivity contribution in [3.63, 3.8) is 0 Å². The van der Waals surface area contributed by atoms with E-state index in [4.69, 9.17) is 23.2 Å². The van der Waals surface area contributed by atoms with Crippen LogP contribution >= 0.6 is 23.2 Å². The monoisotopic (exact) mass is 533 g/mol. The molecule has 1 saturated heterocycles. The highest BCUT2D eigenvalue weighted by Crippen LogP contribution is 2.33. The van der Waals surface area contributed by atoms with Gasteiger partial charge in [0.1, 0.15) is 0 Å². The van der Waals surface area contributed by atoms with Crippen LogP contribution in [0.4, 0.5) is 13.2 Å². The minimum atomic E-state index is -4.49. The molecule has 0 saturated carbocycles. The van der Waals surface area contributed by atoms with E-state index in [-0.39, 0.29) is 23.8 Å². The number of hydrogen-bond donors (Lipinski definition) is 0. The molecular formula is C27H24Cl2F3N3O. The van der Waals surface area contributed by atoms with Crippen molar-refractivity contribution in [2.24, 2.45) is 0 Å². The van der Waals surface area contributed by atoms with Crippen molar-refractivity contribution in [3.8, 4) is 0 Å². The lowest BCUT2D eigenvalue weighted by atomic mass is 10.0. The lowest BCUT2D eigenvalue weighted by molar-refractivity contribution is -0.138. The number of rotatable bonds is 5. The maximum atomic E-state index is 13.6. The number of aromatic nitrogens is 2. The molecule has 0 amide bonds. The number of halogens is 5. The number of piperidine rings is 1. The summed E-state index contributed by atoms with van der Waals surface area (Å²) in [6.45, 7) is 1.96. The third kappa shape index (κ3) is 4.80. The van der Waals surface area contributed by atoms with Gasteiger partial charge in [-0.25, -0.2) is 4.79 Å². The molecule has 0 N–H and O–H groups in total. The van der Waals surface area contributed by atoms with Gasteiger partial charge in [-0.15, -0.1) is 0 Å². The first kappa shape index (κ1) is 24.9. The Hall–Kier alpha value is -2.74. The Kier molecular flexibility index (Phi) is 6.90. The number of para-hydroxylation sites is 2. The number of imidazole rings is 1. The number of alkyl halides is 3. The molecule has 0 bridgehead atoms. The van der Waals surface area contributed by atoms with Gasteiger partial charge in [0.2, 0.25) is 0 Å². The Morgan fingerprint density at radius 1 is 0.806 bits per heavy atom. The normalized spacial score (nSPS) is 15.6. The lowest BCUT2D eigenvalue weighted by Crippen LogP contribution is -2.37. The number of fused-ring (bicyclic) bond motifs is 1. The minimum Gasteiger partial charge on any atom is -0.299 e. The Morgan fingerprint density at radius 3 is 2.08 bits per heavy atom. The highest BCUT2D eigenvalue weighted by atomic mass is 35.5. The first-order chi connectivity index (χ1) is 17.2. The van der Waals surface area contributed by atoms with Gasteiger partial charge in [-0.3, -0.25) is 14.0 Å². The molecule has 5 rings (SSSR count). The molecular weight excluding hydrogens is 510 g/mol. The molecule has 1 aliphatic heterocycles. The predicted molar refractivity (Wildman–Crippen MR) is 137 cm³/mol. The Morgan fingerprint density at radius 2 is 1.42 bits per heavy atom. The van der Waals surface area contributed by atoms with Crippen molar-refractivity contribution in [2.45, 2.75) is 38.1 Å². The van der Waals surface area contributed by atoms with Crippen LogP contribution in [0.25, 0.3) is 11.0 Å². The molecule has 0 atom stereocenters. The maximum Gasteiger partial charge on any atom is 0.416 e. The zero-order valence-corrected chi connectivity index (χ0v) is 20.8. The molecule has 4 nitrogen and oxygen atoms in total. The van der Waals surface area contributed by atoms with Crippen molar-refractivity contribution in [3.05, 3.63) is 104 Å². The molecule has 3 aromatic carbocycles. The zero-order valence-electron chi connectivity index (χ0n) is 19.3. The SMILES string of the molecule is O=c1n(Cc2ccccc2C(F)(F)F)c2ccccc2n1C1CCN(Cc2c(Cl)cccc2Cl)CC1. The van der Waals surface area contributed by atoms with E-state index in [9.17, 15) is 18.0 Å². The minimum absolute atomic E-state index is 0.0560. The number of hydrogen-bond acceptors (Lipinski definition) is 2. The van der Waals surface area contributed by atoms with Crippen LogP contribution in [-0.2, 0) is 19.3 Å². The average molecular weight is 534 g/mol. The molecule has 9 heteroatoms. The van der Waals surface area contributed by atoms with Crippen LogP contribution in [0.15, 0.2) is 71.5 Å². The smallest absolute Gasteiger partial charge is 0.299 e. The highest BCUT2D eigenvalue weighted by molar-refractivity contribution is 6.35. The van der Waals surface area contributed by atoms with Gasteiger partial charge in [-0.1, -0.05) is 59.6 Å². The summed E-state index contributed by atoms with van der Waals surface area (Å²) in [5.74, 6) is 0. The molecule has 2 heterocycles. The second-order valence-corrected chi connectivity index (χ2v) is 9.90. The van der Waals surface area contributed by atoms with Crippen LogP contribution in [0.3, 0.4) is 0 Å². The van der Waals surface area contributed by atoms with Gasteiger partial charge in [0.05, 0.1) is 23.1 Å². The number of benzene rings is 3. The third-order valence-corrected chi connectivity index (χ3v) is 7.59. The molecule has 1 aromatic heterocycles. The van der Waals surface area contributed by atoms with Crippen LogP contribution in [0.1, 0.15) is 35.6 Å². The standard InChI is InChI=1S/C27H24Cl2F3N3O/c28-22-8-5-9-23(29)20(22)17-33-14-12-19(13-15-33)35-25-11-4-3-10-24(25)34(26(35)36)16-18-6-1-2-7-21(18)27(30,31)32/h1-11,19H,12-17H2. The summed E-state index contributed by atoms with van der Waals surface area (Å²) in [5, 5.41) is 1.26. The van der Waals surface area contributed by atoms with E-state index in [1.807, 2.05) is 30.3 Å². The second kappa shape index (κ2) is 9.96. The second-order valence-electron chi connectivity index (χ2n) is 9.09. The quantitative estimate of drug-likeness (QED) is 0.276. The predicted octanol–water partition coefficient (Wildman–Crippen LogP) is 7.01. The van der Waals surface area contributed by atoms with Gasteiger partial charge in [0.15, 0.2) is 0 Å². The summed E-state index contributed by atoms with van der Waals surface area (Å²) in [6, 6.07) is 18.1. The Labute approximate surface area is 216 Å². The zero-order chi connectivity index (χ0) is 25.4. The Balaban J connectivity index is 1.42. The van der Waals surface area contributed by atoms with E-state index >= 15 is 0 Å². The van der Waals surface area contributed by atoms with Gasteiger partial charge in [0.25, 0.3) is 0 Å². The topological polar surface area (TPSA) is 30.2 Å². The van der Waals surface area contributed by atoms with E-state index in [1.54, 1.807) is 22.8 Å². The lowest BCUT2D eigenvalue weighted by Gasteiger charge is -2.33. The highest BCUT2D eigenvalue weighted by Gasteiger charge is 2.33. The van der Waals surface area contributed by atoms with Crippen LogP contribution in [0.2, 0.25) is 10.0 Å². The molecule has 0 spiro atoms. The summed E-state index contributed by atoms with van der Waals surface area (Å²) < 4.78 is 44.0. The summed E-state index contributed by atoms with van der Waals surface area (Å²) in [7, 11) is 0. The fraction of sp³-hybridized carbons (Fsp3) is 0.296. The maximum absolute atomic E-state index is 13.6. The van der Waals surface area contributed by atoms with Crippen LogP contribution < -0.4 is 5.69 Å². The van der Waals surface area contributed by atoms with Gasteiger partial charge in [-0.05, 0) is 48.7 Å². The van der Waals surface area contributed by atoms with Gasteiger partial charge < -0.3 is 0 Å². The summed E-state index contributed by atoms with van der Waals surface area (Å²) in [6.07, 6.45) is -3.03. The fourth-order valence-electron chi connectivity index (χ4n) is 5.09. The number of likely N-dealkylation sites (tertiary alicyclic amines) is 1. The fourth-order valence-corrected chi connectivity index (χ4v) is 5.60. The van der Waals surface area contributed by atoms with Crippen molar-refractivity contribution in [1.82, 2.24) is 14.0 Å². The summed E-state index contributed by atoms with van der Waals surface area (Å²) in [4.78, 5) is 15.9. The molecule has 0 unspecified atom stereocenters. The summed E-state index contributed by atoms with van der Waals surface area (Å²) in [5.41, 5.74) is 1.31. The van der Waals surface area contributed by atoms with E-state index in [0.717, 1.165) is 43.1 Å². The number of nitrogens with zero attached hydrogens (tertiary/aromatic N) is 3. The third-order valence-electron chi connectivity index (χ3n) is 6.89. The molecule has 188 valence electrons. The molecule has 1 aliphatic rings. The van der Waals surface area contributed by atoms with E-state index in [0.29, 0.717) is 22.1 Å². The van der Waals surface area contributed by atoms with E-state index in [1.165, 1.54) is 16.7 Å².